The topological polar surface area (TPSA) is 32.9 Å². The summed E-state index contributed by atoms with van der Waals surface area (Å²) in [4.78, 5) is 15.2. The molecule has 0 spiro atoms. The van der Waals surface area contributed by atoms with Crippen molar-refractivity contribution in [2.75, 3.05) is 0 Å². The Kier molecular flexibility index (Phi) is 2.95. The lowest BCUT2D eigenvalue weighted by Gasteiger charge is -1.97. The maximum absolute atomic E-state index is 13.8. The molecule has 0 radical (unpaired) electrons. The van der Waals surface area contributed by atoms with E-state index >= 15 is 0 Å². The number of H-pyrrole nitrogens is 1. The van der Waals surface area contributed by atoms with Gasteiger partial charge in [0, 0.05) is 28.0 Å². The molecule has 5 heteroatoms. The second-order valence-electron chi connectivity index (χ2n) is 3.83. The van der Waals surface area contributed by atoms with Crippen molar-refractivity contribution in [3.8, 4) is 0 Å². The van der Waals surface area contributed by atoms with E-state index in [0.29, 0.717) is 22.0 Å². The van der Waals surface area contributed by atoms with E-state index in [1.165, 1.54) is 17.4 Å². The van der Waals surface area contributed by atoms with E-state index in [2.05, 4.69) is 27.6 Å². The van der Waals surface area contributed by atoms with Crippen molar-refractivity contribution < 1.29 is 9.18 Å². The fraction of sp³-hybridized carbons (Fsp3) is 0. The summed E-state index contributed by atoms with van der Waals surface area (Å²) in [5.74, 6) is -0.521. The lowest BCUT2D eigenvalue weighted by molar-refractivity contribution is 0.104. The summed E-state index contributed by atoms with van der Waals surface area (Å²) in [7, 11) is 0. The van der Waals surface area contributed by atoms with Crippen LogP contribution in [0.3, 0.4) is 0 Å². The predicted octanol–water partition coefficient (Wildman–Crippen LogP) is 4.20. The Balaban J connectivity index is 2.18. The van der Waals surface area contributed by atoms with Crippen LogP contribution in [-0.2, 0) is 0 Å². The standard InChI is InChI=1S/C13H7FINOS/c14-9-2-1-3-10-12(9)8(5-16-10)13(17)7-4-11(15)18-6-7/h1-6,16H. The van der Waals surface area contributed by atoms with Gasteiger partial charge >= 0.3 is 0 Å². The zero-order chi connectivity index (χ0) is 12.7. The monoisotopic (exact) mass is 371 g/mol. The molecule has 2 nitrogen and oxygen atoms in total. The maximum Gasteiger partial charge on any atom is 0.196 e. The summed E-state index contributed by atoms with van der Waals surface area (Å²) < 4.78 is 14.8. The summed E-state index contributed by atoms with van der Waals surface area (Å²) in [5, 5.41) is 2.16. The fourth-order valence-electron chi connectivity index (χ4n) is 1.90. The van der Waals surface area contributed by atoms with Crippen molar-refractivity contribution in [1.29, 1.82) is 0 Å². The molecule has 0 aliphatic carbocycles. The van der Waals surface area contributed by atoms with Crippen molar-refractivity contribution in [3.05, 3.63) is 55.7 Å². The number of fused-ring (bicyclic) bond motifs is 1. The van der Waals surface area contributed by atoms with E-state index < -0.39 is 0 Å². The average Bonchev–Trinajstić information content (AvgIpc) is 2.95. The van der Waals surface area contributed by atoms with Gasteiger partial charge in [0.1, 0.15) is 5.82 Å². The summed E-state index contributed by atoms with van der Waals surface area (Å²) >= 11 is 3.66. The summed E-state index contributed by atoms with van der Waals surface area (Å²) in [6, 6.07) is 6.56. The first-order chi connectivity index (χ1) is 8.66. The minimum atomic E-state index is -0.373. The van der Waals surface area contributed by atoms with E-state index in [9.17, 15) is 9.18 Å². The largest absolute Gasteiger partial charge is 0.360 e. The number of hydrogen-bond acceptors (Lipinski definition) is 2. The van der Waals surface area contributed by atoms with Crippen molar-refractivity contribution in [1.82, 2.24) is 4.98 Å². The van der Waals surface area contributed by atoms with Crippen LogP contribution >= 0.6 is 33.9 Å². The second kappa shape index (κ2) is 4.47. The zero-order valence-electron chi connectivity index (χ0n) is 9.04. The lowest BCUT2D eigenvalue weighted by Crippen LogP contribution is -1.99. The van der Waals surface area contributed by atoms with Gasteiger partial charge in [-0.05, 0) is 40.8 Å². The normalized spacial score (nSPS) is 11.0. The molecule has 2 aromatic heterocycles. The van der Waals surface area contributed by atoms with Crippen LogP contribution in [0.4, 0.5) is 4.39 Å². The van der Waals surface area contributed by atoms with Crippen LogP contribution < -0.4 is 0 Å². The lowest BCUT2D eigenvalue weighted by atomic mass is 10.1. The minimum absolute atomic E-state index is 0.148. The van der Waals surface area contributed by atoms with Gasteiger partial charge in [0.05, 0.1) is 8.45 Å². The molecule has 3 rings (SSSR count). The molecule has 18 heavy (non-hydrogen) atoms. The highest BCUT2D eigenvalue weighted by atomic mass is 127. The number of rotatable bonds is 2. The van der Waals surface area contributed by atoms with Gasteiger partial charge in [-0.25, -0.2) is 4.39 Å². The molecule has 2 heterocycles. The van der Waals surface area contributed by atoms with Crippen molar-refractivity contribution in [2.24, 2.45) is 0 Å². The molecule has 0 atom stereocenters. The van der Waals surface area contributed by atoms with Gasteiger partial charge in [-0.1, -0.05) is 6.07 Å². The van der Waals surface area contributed by atoms with E-state index in [1.54, 1.807) is 23.7 Å². The summed E-state index contributed by atoms with van der Waals surface area (Å²) in [5.41, 5.74) is 1.63. The molecule has 0 amide bonds. The Morgan fingerprint density at radius 3 is 2.94 bits per heavy atom. The van der Waals surface area contributed by atoms with Gasteiger partial charge in [-0.3, -0.25) is 4.79 Å². The van der Waals surface area contributed by atoms with Gasteiger partial charge in [0.25, 0.3) is 0 Å². The SMILES string of the molecule is O=C(c1csc(I)c1)c1c[nH]c2cccc(F)c12. The molecule has 0 saturated heterocycles. The van der Waals surface area contributed by atoms with E-state index in [1.807, 2.05) is 6.07 Å². The molecule has 1 aromatic carbocycles. The average molecular weight is 371 g/mol. The van der Waals surface area contributed by atoms with Crippen LogP contribution in [0.15, 0.2) is 35.8 Å². The molecular formula is C13H7FINOS. The molecule has 0 aliphatic rings. The van der Waals surface area contributed by atoms with Gasteiger partial charge in [-0.2, -0.15) is 0 Å². The van der Waals surface area contributed by atoms with Crippen LogP contribution in [0.1, 0.15) is 15.9 Å². The van der Waals surface area contributed by atoms with E-state index in [-0.39, 0.29) is 11.6 Å². The third-order valence-corrected chi connectivity index (χ3v) is 4.52. The number of carbonyl (C=O) groups is 1. The maximum atomic E-state index is 13.8. The van der Waals surface area contributed by atoms with Gasteiger partial charge in [-0.15, -0.1) is 11.3 Å². The Morgan fingerprint density at radius 2 is 2.22 bits per heavy atom. The fourth-order valence-corrected chi connectivity index (χ4v) is 3.23. The summed E-state index contributed by atoms with van der Waals surface area (Å²) in [6.45, 7) is 0. The molecule has 1 N–H and O–H groups in total. The summed E-state index contributed by atoms with van der Waals surface area (Å²) in [6.07, 6.45) is 1.57. The van der Waals surface area contributed by atoms with Crippen LogP contribution in [-0.4, -0.2) is 10.8 Å². The Morgan fingerprint density at radius 1 is 1.39 bits per heavy atom. The van der Waals surface area contributed by atoms with Crippen LogP contribution in [0.5, 0.6) is 0 Å². The molecule has 3 aromatic rings. The predicted molar refractivity (Wildman–Crippen MR) is 78.7 cm³/mol. The molecule has 0 unspecified atom stereocenters. The molecule has 0 bridgehead atoms. The van der Waals surface area contributed by atoms with Crippen molar-refractivity contribution >= 4 is 50.6 Å². The molecule has 0 saturated carbocycles. The number of aromatic nitrogens is 1. The van der Waals surface area contributed by atoms with Gasteiger partial charge < -0.3 is 4.98 Å². The zero-order valence-corrected chi connectivity index (χ0v) is 12.0. The number of halogens is 2. The van der Waals surface area contributed by atoms with Crippen LogP contribution in [0, 0.1) is 8.70 Å². The third-order valence-electron chi connectivity index (χ3n) is 2.73. The van der Waals surface area contributed by atoms with Crippen molar-refractivity contribution in [2.45, 2.75) is 0 Å². The smallest absolute Gasteiger partial charge is 0.196 e. The van der Waals surface area contributed by atoms with Crippen LogP contribution in [0.25, 0.3) is 10.9 Å². The van der Waals surface area contributed by atoms with E-state index in [0.717, 1.165) is 2.88 Å². The van der Waals surface area contributed by atoms with Crippen LogP contribution in [0.2, 0.25) is 0 Å². The number of nitrogens with one attached hydrogen (secondary N) is 1. The third kappa shape index (κ3) is 1.87. The first-order valence-corrected chi connectivity index (χ1v) is 7.17. The number of carbonyl (C=O) groups excluding carboxylic acids is 1. The Bertz CT molecular complexity index is 746. The van der Waals surface area contributed by atoms with Crippen molar-refractivity contribution in [3.63, 3.8) is 0 Å². The highest BCUT2D eigenvalue weighted by Crippen LogP contribution is 2.26. The number of aromatic amines is 1. The number of thiophene rings is 1. The molecule has 0 fully saturated rings. The number of ketones is 1. The molecule has 0 aliphatic heterocycles. The van der Waals surface area contributed by atoms with Gasteiger partial charge in [0.2, 0.25) is 0 Å². The first kappa shape index (κ1) is 11.9. The highest BCUT2D eigenvalue weighted by molar-refractivity contribution is 14.1. The number of hydrogen-bond donors (Lipinski definition) is 1. The molecular weight excluding hydrogens is 364 g/mol. The first-order valence-electron chi connectivity index (χ1n) is 5.21. The molecule has 90 valence electrons. The Hall–Kier alpha value is -1.21. The quantitative estimate of drug-likeness (QED) is 0.532. The number of benzene rings is 1. The highest BCUT2D eigenvalue weighted by Gasteiger charge is 2.17. The van der Waals surface area contributed by atoms with E-state index in [4.69, 9.17) is 0 Å². The minimum Gasteiger partial charge on any atom is -0.360 e. The second-order valence-corrected chi connectivity index (χ2v) is 6.64. The van der Waals surface area contributed by atoms with Gasteiger partial charge in [0.15, 0.2) is 5.78 Å². The Labute approximate surface area is 120 Å².